The molecule has 192 valence electrons. The van der Waals surface area contributed by atoms with Gasteiger partial charge < -0.3 is 20.1 Å². The van der Waals surface area contributed by atoms with E-state index in [1.807, 2.05) is 13.8 Å². The van der Waals surface area contributed by atoms with Crippen LogP contribution < -0.4 is 0 Å². The Kier molecular flexibility index (Phi) is 5.16. The van der Waals surface area contributed by atoms with E-state index in [9.17, 15) is 24.9 Å². The van der Waals surface area contributed by atoms with Gasteiger partial charge in [-0.05, 0) is 68.3 Å². The van der Waals surface area contributed by atoms with Gasteiger partial charge >= 0.3 is 5.97 Å². The van der Waals surface area contributed by atoms with Crippen LogP contribution in [0.15, 0.2) is 23.3 Å². The lowest BCUT2D eigenvalue weighted by molar-refractivity contribution is -0.187. The molecular formula is C28H38O6S. The van der Waals surface area contributed by atoms with E-state index in [0.29, 0.717) is 30.3 Å². The Labute approximate surface area is 211 Å². The van der Waals surface area contributed by atoms with Crippen LogP contribution in [0.1, 0.15) is 66.2 Å². The fourth-order valence-corrected chi connectivity index (χ4v) is 11.5. The third-order valence-electron chi connectivity index (χ3n) is 11.8. The molecule has 1 unspecified atom stereocenters. The van der Waals surface area contributed by atoms with Crippen LogP contribution in [0, 0.1) is 34.5 Å². The summed E-state index contributed by atoms with van der Waals surface area (Å²) in [4.78, 5) is 25.9. The van der Waals surface area contributed by atoms with Crippen LogP contribution in [-0.4, -0.2) is 61.5 Å². The van der Waals surface area contributed by atoms with Crippen LogP contribution in [0.4, 0.5) is 0 Å². The fourth-order valence-electron chi connectivity index (χ4n) is 9.62. The molecule has 4 aliphatic carbocycles. The van der Waals surface area contributed by atoms with E-state index in [-0.39, 0.29) is 39.6 Å². The number of hydrogen-bond donors (Lipinski definition) is 3. The van der Waals surface area contributed by atoms with Gasteiger partial charge in [-0.1, -0.05) is 32.4 Å². The normalized spacial score (nSPS) is 53.3. The molecule has 2 aliphatic heterocycles. The summed E-state index contributed by atoms with van der Waals surface area (Å²) in [5.74, 6) is 0.305. The number of hydrogen-bond acceptors (Lipinski definition) is 7. The standard InChI is InChI=1S/C28H38O6S/c1-14-11-20(34-24(32)17(14)13-29)15(2)27(33)10-8-18-16-12-23-28(35-23)22(31)6-5-21(30)26(28,4)19(16)7-9-25(18,27)3/h5-6,15-16,18-20,22-23,29,31,33H,7-13H2,1-4H3/t15-,16+,18+,19+,20?,22+,23+,25+,26+,27+,28+/m1/s1. The quantitative estimate of drug-likeness (QED) is 0.402. The number of carbonyl (C=O) groups is 2. The Bertz CT molecular complexity index is 1050. The highest BCUT2D eigenvalue weighted by Crippen LogP contribution is 2.79. The zero-order chi connectivity index (χ0) is 25.1. The topological polar surface area (TPSA) is 104 Å². The van der Waals surface area contributed by atoms with Crippen LogP contribution >= 0.6 is 11.8 Å². The molecule has 6 nitrogen and oxygen atoms in total. The van der Waals surface area contributed by atoms with Crippen molar-refractivity contribution < 1.29 is 29.6 Å². The van der Waals surface area contributed by atoms with E-state index >= 15 is 0 Å². The SMILES string of the molecule is CC1=C(CO)C(=O)OC([C@@H](C)[C@@]2(O)CC[C@H]3[C@@H]4C[C@@H]5S[C@@]56[C@@H](O)C=CC(=O)[C@]6(C)[C@H]4CC[C@@]32C)C1. The maximum absolute atomic E-state index is 13.4. The maximum Gasteiger partial charge on any atom is 0.336 e. The maximum atomic E-state index is 13.4. The molecule has 0 amide bonds. The first kappa shape index (κ1) is 24.2. The van der Waals surface area contributed by atoms with Gasteiger partial charge in [0.1, 0.15) is 6.10 Å². The van der Waals surface area contributed by atoms with Crippen molar-refractivity contribution in [3.8, 4) is 0 Å². The Morgan fingerprint density at radius 3 is 2.60 bits per heavy atom. The second kappa shape index (κ2) is 7.46. The first-order valence-electron chi connectivity index (χ1n) is 13.3. The lowest BCUT2D eigenvalue weighted by Crippen LogP contribution is -2.65. The molecule has 0 aromatic carbocycles. The molecule has 3 saturated carbocycles. The Morgan fingerprint density at radius 2 is 1.91 bits per heavy atom. The second-order valence-corrected chi connectivity index (χ2v) is 14.1. The predicted molar refractivity (Wildman–Crippen MR) is 132 cm³/mol. The van der Waals surface area contributed by atoms with Crippen molar-refractivity contribution in [3.05, 3.63) is 23.3 Å². The van der Waals surface area contributed by atoms with Gasteiger partial charge in [-0.3, -0.25) is 4.79 Å². The van der Waals surface area contributed by atoms with Gasteiger partial charge in [0, 0.05) is 17.6 Å². The van der Waals surface area contributed by atoms with Gasteiger partial charge in [-0.15, -0.1) is 11.8 Å². The number of aliphatic hydroxyl groups is 3. The van der Waals surface area contributed by atoms with E-state index in [1.165, 1.54) is 0 Å². The van der Waals surface area contributed by atoms with E-state index < -0.39 is 29.2 Å². The molecule has 35 heavy (non-hydrogen) atoms. The summed E-state index contributed by atoms with van der Waals surface area (Å²) in [6, 6.07) is 0. The number of thioether (sulfide) groups is 1. The molecule has 6 rings (SSSR count). The van der Waals surface area contributed by atoms with Crippen molar-refractivity contribution in [2.24, 2.45) is 34.5 Å². The van der Waals surface area contributed by atoms with Crippen LogP contribution in [0.2, 0.25) is 0 Å². The number of carbonyl (C=O) groups excluding carboxylic acids is 2. The lowest BCUT2D eigenvalue weighted by atomic mass is 9.44. The van der Waals surface area contributed by atoms with Gasteiger partial charge in [0.2, 0.25) is 0 Å². The van der Waals surface area contributed by atoms with Crippen molar-refractivity contribution in [2.75, 3.05) is 6.61 Å². The number of ether oxygens (including phenoxy) is 1. The van der Waals surface area contributed by atoms with Crippen LogP contribution in [0.3, 0.4) is 0 Å². The van der Waals surface area contributed by atoms with Crippen molar-refractivity contribution >= 4 is 23.5 Å². The van der Waals surface area contributed by atoms with E-state index in [0.717, 1.165) is 31.3 Å². The Morgan fingerprint density at radius 1 is 1.20 bits per heavy atom. The lowest BCUT2D eigenvalue weighted by Gasteiger charge is -2.60. The monoisotopic (exact) mass is 502 g/mol. The summed E-state index contributed by atoms with van der Waals surface area (Å²) in [7, 11) is 0. The minimum absolute atomic E-state index is 0.161. The zero-order valence-corrected chi connectivity index (χ0v) is 21.9. The first-order valence-corrected chi connectivity index (χ1v) is 14.1. The van der Waals surface area contributed by atoms with Gasteiger partial charge in [-0.25, -0.2) is 4.79 Å². The summed E-state index contributed by atoms with van der Waals surface area (Å²) in [5.41, 5.74) is -0.666. The zero-order valence-electron chi connectivity index (χ0n) is 21.1. The summed E-state index contributed by atoms with van der Waals surface area (Å²) >= 11 is 1.80. The molecule has 11 atom stereocenters. The van der Waals surface area contributed by atoms with Crippen molar-refractivity contribution in [1.29, 1.82) is 0 Å². The molecular weight excluding hydrogens is 464 g/mol. The summed E-state index contributed by atoms with van der Waals surface area (Å²) in [6.45, 7) is 7.90. The number of rotatable bonds is 3. The smallest absolute Gasteiger partial charge is 0.336 e. The number of aliphatic hydroxyl groups excluding tert-OH is 2. The molecule has 0 radical (unpaired) electrons. The third kappa shape index (κ3) is 2.74. The molecule has 1 saturated heterocycles. The van der Waals surface area contributed by atoms with E-state index in [1.54, 1.807) is 23.9 Å². The molecule has 0 bridgehead atoms. The van der Waals surface area contributed by atoms with E-state index in [2.05, 4.69) is 13.8 Å². The van der Waals surface area contributed by atoms with Crippen molar-refractivity contribution in [2.45, 2.75) is 94.0 Å². The molecule has 1 spiro atoms. The Hall–Kier alpha value is -1.15. The molecule has 3 N–H and O–H groups in total. The van der Waals surface area contributed by atoms with Gasteiger partial charge in [0.15, 0.2) is 5.78 Å². The number of esters is 1. The average Bonchev–Trinajstić information content (AvgIpc) is 3.49. The van der Waals surface area contributed by atoms with Gasteiger partial charge in [0.25, 0.3) is 0 Å². The fraction of sp³-hybridized carbons (Fsp3) is 0.786. The van der Waals surface area contributed by atoms with Crippen LogP contribution in [0.25, 0.3) is 0 Å². The molecule has 6 aliphatic rings. The molecule has 2 heterocycles. The summed E-state index contributed by atoms with van der Waals surface area (Å²) in [6.07, 6.45) is 7.12. The summed E-state index contributed by atoms with van der Waals surface area (Å²) in [5, 5.41) is 33.1. The van der Waals surface area contributed by atoms with Crippen molar-refractivity contribution in [3.63, 3.8) is 0 Å². The number of allylic oxidation sites excluding steroid dienone is 1. The summed E-state index contributed by atoms with van der Waals surface area (Å²) < 4.78 is 5.39. The largest absolute Gasteiger partial charge is 0.458 e. The molecule has 4 fully saturated rings. The number of ketones is 1. The predicted octanol–water partition coefficient (Wildman–Crippen LogP) is 3.18. The number of fused-ring (bicyclic) bond motifs is 4. The highest BCUT2D eigenvalue weighted by atomic mass is 32.2. The van der Waals surface area contributed by atoms with Crippen LogP contribution in [-0.2, 0) is 14.3 Å². The minimum atomic E-state index is -0.966. The Balaban J connectivity index is 1.31. The van der Waals surface area contributed by atoms with Gasteiger partial charge in [-0.2, -0.15) is 0 Å². The molecule has 7 heteroatoms. The van der Waals surface area contributed by atoms with Crippen LogP contribution in [0.5, 0.6) is 0 Å². The molecule has 0 aromatic rings. The van der Waals surface area contributed by atoms with Gasteiger partial charge in [0.05, 0.1) is 34.0 Å². The average molecular weight is 503 g/mol. The third-order valence-corrected chi connectivity index (χ3v) is 13.8. The van der Waals surface area contributed by atoms with Crippen molar-refractivity contribution in [1.82, 2.24) is 0 Å². The highest BCUT2D eigenvalue weighted by Gasteiger charge is 2.79. The van der Waals surface area contributed by atoms with E-state index in [4.69, 9.17) is 4.74 Å². The molecule has 0 aromatic heterocycles. The minimum Gasteiger partial charge on any atom is -0.458 e. The highest BCUT2D eigenvalue weighted by molar-refractivity contribution is 8.08. The first-order chi connectivity index (χ1) is 16.5. The second-order valence-electron chi connectivity index (χ2n) is 12.7. The number of cyclic esters (lactones) is 1.